The minimum Gasteiger partial charge on any atom is -0.289 e. The van der Waals surface area contributed by atoms with Gasteiger partial charge in [-0.15, -0.1) is 0 Å². The highest BCUT2D eigenvalue weighted by molar-refractivity contribution is 6.16. The van der Waals surface area contributed by atoms with Gasteiger partial charge in [0.2, 0.25) is 0 Å². The molecule has 0 spiro atoms. The van der Waals surface area contributed by atoms with Crippen LogP contribution in [0.3, 0.4) is 0 Å². The molecule has 110 valence electrons. The summed E-state index contributed by atoms with van der Waals surface area (Å²) in [5.74, 6) is 0.693. The van der Waals surface area contributed by atoms with Gasteiger partial charge in [-0.3, -0.25) is 4.79 Å². The molecular formula is C21H20O. The van der Waals surface area contributed by atoms with E-state index in [0.717, 1.165) is 22.3 Å². The highest BCUT2D eigenvalue weighted by Crippen LogP contribution is 2.39. The van der Waals surface area contributed by atoms with Gasteiger partial charge in [0.05, 0.1) is 0 Å². The van der Waals surface area contributed by atoms with Crippen LogP contribution in [-0.4, -0.2) is 5.78 Å². The first-order valence-corrected chi connectivity index (χ1v) is 7.75. The molecule has 2 aromatic rings. The van der Waals surface area contributed by atoms with Gasteiger partial charge in [-0.25, -0.2) is 0 Å². The van der Waals surface area contributed by atoms with Crippen LogP contribution in [0.15, 0.2) is 71.8 Å². The molecule has 0 radical (unpaired) electrons. The molecule has 1 heteroatoms. The fourth-order valence-corrected chi connectivity index (χ4v) is 2.97. The largest absolute Gasteiger partial charge is 0.289 e. The Labute approximate surface area is 132 Å². The van der Waals surface area contributed by atoms with E-state index in [-0.39, 0.29) is 17.6 Å². The van der Waals surface area contributed by atoms with Crippen LogP contribution in [0, 0.1) is 11.8 Å². The van der Waals surface area contributed by atoms with Gasteiger partial charge in [-0.2, -0.15) is 0 Å². The summed E-state index contributed by atoms with van der Waals surface area (Å²) in [6, 6.07) is 20.1. The van der Waals surface area contributed by atoms with E-state index in [1.807, 2.05) is 72.8 Å². The molecule has 0 saturated heterocycles. The molecule has 0 unspecified atom stereocenters. The van der Waals surface area contributed by atoms with E-state index in [4.69, 9.17) is 0 Å². The van der Waals surface area contributed by atoms with Crippen molar-refractivity contribution in [1.29, 1.82) is 0 Å². The maximum atomic E-state index is 12.8. The SMILES string of the molecule is C[C@H]1/C(=C\c2ccccc2)C(=O)/C(=C/c2ccccc2)[C@@H]1C. The second-order valence-corrected chi connectivity index (χ2v) is 5.93. The number of rotatable bonds is 2. The van der Waals surface area contributed by atoms with Gasteiger partial charge >= 0.3 is 0 Å². The lowest BCUT2D eigenvalue weighted by molar-refractivity contribution is -0.111. The van der Waals surface area contributed by atoms with Gasteiger partial charge < -0.3 is 0 Å². The Morgan fingerprint density at radius 1 is 0.682 bits per heavy atom. The lowest BCUT2D eigenvalue weighted by Gasteiger charge is -2.09. The van der Waals surface area contributed by atoms with Crippen LogP contribution in [0.5, 0.6) is 0 Å². The molecule has 1 saturated carbocycles. The first kappa shape index (κ1) is 14.5. The fourth-order valence-electron chi connectivity index (χ4n) is 2.97. The van der Waals surface area contributed by atoms with Crippen molar-refractivity contribution in [2.45, 2.75) is 13.8 Å². The number of benzene rings is 2. The van der Waals surface area contributed by atoms with E-state index in [9.17, 15) is 4.79 Å². The first-order chi connectivity index (χ1) is 10.7. The molecule has 1 fully saturated rings. The second-order valence-electron chi connectivity index (χ2n) is 5.93. The quantitative estimate of drug-likeness (QED) is 0.710. The van der Waals surface area contributed by atoms with Gasteiger partial charge in [0.25, 0.3) is 0 Å². The van der Waals surface area contributed by atoms with E-state index in [1.54, 1.807) is 0 Å². The number of Topliss-reactive ketones (excluding diaryl/α,β-unsaturated/α-hetero) is 1. The van der Waals surface area contributed by atoms with Crippen molar-refractivity contribution in [2.24, 2.45) is 11.8 Å². The molecule has 0 bridgehead atoms. The third-order valence-electron chi connectivity index (χ3n) is 4.50. The summed E-state index contributed by atoms with van der Waals surface area (Å²) in [4.78, 5) is 12.8. The van der Waals surface area contributed by atoms with Crippen molar-refractivity contribution >= 4 is 17.9 Å². The number of ketones is 1. The predicted octanol–water partition coefficient (Wildman–Crippen LogP) is 5.01. The zero-order valence-corrected chi connectivity index (χ0v) is 13.0. The Balaban J connectivity index is 1.98. The fraction of sp³-hybridized carbons (Fsp3) is 0.190. The van der Waals surface area contributed by atoms with Crippen LogP contribution in [-0.2, 0) is 4.79 Å². The Bertz CT molecular complexity index is 660. The van der Waals surface area contributed by atoms with Crippen LogP contribution in [0.1, 0.15) is 25.0 Å². The number of allylic oxidation sites excluding steroid dienone is 2. The summed E-state index contributed by atoms with van der Waals surface area (Å²) in [7, 11) is 0. The van der Waals surface area contributed by atoms with Crippen LogP contribution in [0.2, 0.25) is 0 Å². The summed E-state index contributed by atoms with van der Waals surface area (Å²) in [6.45, 7) is 4.28. The lowest BCUT2D eigenvalue weighted by atomic mass is 9.94. The molecule has 2 aromatic carbocycles. The predicted molar refractivity (Wildman–Crippen MR) is 92.2 cm³/mol. The van der Waals surface area contributed by atoms with Gasteiger partial charge in [-0.05, 0) is 35.1 Å². The van der Waals surface area contributed by atoms with Gasteiger partial charge in [0, 0.05) is 11.1 Å². The highest BCUT2D eigenvalue weighted by atomic mass is 16.1. The Hall–Kier alpha value is -2.41. The van der Waals surface area contributed by atoms with Crippen LogP contribution >= 0.6 is 0 Å². The zero-order valence-electron chi connectivity index (χ0n) is 13.0. The standard InChI is InChI=1S/C21H20O/c1-15-16(2)20(14-18-11-7-4-8-12-18)21(22)19(15)13-17-9-5-3-6-10-17/h3-16H,1-2H3/b19-13+,20-14+/t15-,16-/m1/s1. The lowest BCUT2D eigenvalue weighted by Crippen LogP contribution is -2.01. The van der Waals surface area contributed by atoms with E-state index in [0.29, 0.717) is 0 Å². The third kappa shape index (κ3) is 2.80. The van der Waals surface area contributed by atoms with E-state index in [2.05, 4.69) is 13.8 Å². The maximum Gasteiger partial charge on any atom is 0.185 e. The van der Waals surface area contributed by atoms with Crippen LogP contribution in [0.4, 0.5) is 0 Å². The molecule has 22 heavy (non-hydrogen) atoms. The van der Waals surface area contributed by atoms with Crippen molar-refractivity contribution in [3.63, 3.8) is 0 Å². The molecule has 1 nitrogen and oxygen atoms in total. The second kappa shape index (κ2) is 6.15. The van der Waals surface area contributed by atoms with Crippen molar-refractivity contribution in [1.82, 2.24) is 0 Å². The normalized spacial score (nSPS) is 25.1. The van der Waals surface area contributed by atoms with E-state index >= 15 is 0 Å². The summed E-state index contributed by atoms with van der Waals surface area (Å²) < 4.78 is 0. The number of hydrogen-bond donors (Lipinski definition) is 0. The van der Waals surface area contributed by atoms with E-state index in [1.165, 1.54) is 0 Å². The van der Waals surface area contributed by atoms with Crippen molar-refractivity contribution in [2.75, 3.05) is 0 Å². The maximum absolute atomic E-state index is 12.8. The molecule has 3 rings (SSSR count). The number of hydrogen-bond acceptors (Lipinski definition) is 1. The van der Waals surface area contributed by atoms with Gasteiger partial charge in [-0.1, -0.05) is 74.5 Å². The summed E-state index contributed by atoms with van der Waals surface area (Å²) in [5, 5.41) is 0. The van der Waals surface area contributed by atoms with E-state index < -0.39 is 0 Å². The summed E-state index contributed by atoms with van der Waals surface area (Å²) >= 11 is 0. The zero-order chi connectivity index (χ0) is 15.5. The molecular weight excluding hydrogens is 268 g/mol. The summed E-state index contributed by atoms with van der Waals surface area (Å²) in [6.07, 6.45) is 4.07. The van der Waals surface area contributed by atoms with Crippen LogP contribution < -0.4 is 0 Å². The smallest absolute Gasteiger partial charge is 0.185 e. The molecule has 0 amide bonds. The summed E-state index contributed by atoms with van der Waals surface area (Å²) in [5.41, 5.74) is 4.01. The Morgan fingerprint density at radius 2 is 1.05 bits per heavy atom. The molecule has 0 heterocycles. The van der Waals surface area contributed by atoms with Crippen molar-refractivity contribution < 1.29 is 4.79 Å². The molecule has 2 atom stereocenters. The average Bonchev–Trinajstić information content (AvgIpc) is 2.75. The monoisotopic (exact) mass is 288 g/mol. The molecule has 1 aliphatic carbocycles. The molecule has 0 N–H and O–H groups in total. The topological polar surface area (TPSA) is 17.1 Å². The van der Waals surface area contributed by atoms with Gasteiger partial charge in [0.1, 0.15) is 0 Å². The Morgan fingerprint density at radius 3 is 1.41 bits per heavy atom. The Kier molecular flexibility index (Phi) is 4.06. The minimum absolute atomic E-state index is 0.188. The van der Waals surface area contributed by atoms with Crippen molar-refractivity contribution in [3.8, 4) is 0 Å². The molecule has 0 aromatic heterocycles. The van der Waals surface area contributed by atoms with Crippen LogP contribution in [0.25, 0.3) is 12.2 Å². The highest BCUT2D eigenvalue weighted by Gasteiger charge is 2.36. The first-order valence-electron chi connectivity index (χ1n) is 7.75. The number of carbonyl (C=O) groups excluding carboxylic acids is 1. The minimum atomic E-state index is 0.188. The van der Waals surface area contributed by atoms with Gasteiger partial charge in [0.15, 0.2) is 5.78 Å². The van der Waals surface area contributed by atoms with Crippen molar-refractivity contribution in [3.05, 3.63) is 82.9 Å². The third-order valence-corrected chi connectivity index (χ3v) is 4.50. The average molecular weight is 288 g/mol. The molecule has 1 aliphatic rings. The number of carbonyl (C=O) groups is 1. The molecule has 0 aliphatic heterocycles.